The molecule has 0 saturated heterocycles. The predicted octanol–water partition coefficient (Wildman–Crippen LogP) is 4.39. The van der Waals surface area contributed by atoms with Crippen LogP contribution in [0.4, 0.5) is 0 Å². The first-order chi connectivity index (χ1) is 13.4. The van der Waals surface area contributed by atoms with Crippen molar-refractivity contribution in [1.29, 1.82) is 0 Å². The number of benzene rings is 2. The summed E-state index contributed by atoms with van der Waals surface area (Å²) in [5.74, 6) is -0.162. The molecule has 0 amide bonds. The topological polar surface area (TPSA) is 72.9 Å². The summed E-state index contributed by atoms with van der Waals surface area (Å²) in [6.45, 7) is 11.6. The number of methoxy groups -OCH3 is 1. The molecule has 0 saturated carbocycles. The van der Waals surface area contributed by atoms with Crippen LogP contribution >= 0.6 is 0 Å². The number of ether oxygens (including phenoxy) is 1. The Hall–Kier alpha value is -2.38. The summed E-state index contributed by atoms with van der Waals surface area (Å²) in [5, 5.41) is 0. The van der Waals surface area contributed by atoms with E-state index in [0.717, 1.165) is 10.0 Å². The minimum Gasteiger partial charge on any atom is -0.465 e. The fourth-order valence-electron chi connectivity index (χ4n) is 2.83. The average molecular weight is 420 g/mol. The highest BCUT2D eigenvalue weighted by Gasteiger charge is 2.28. The molecule has 2 rings (SSSR count). The fraction of sp³-hybridized carbons (Fsp3) is 0.409. The van der Waals surface area contributed by atoms with Crippen molar-refractivity contribution >= 4 is 16.0 Å². The normalized spacial score (nSPS) is 12.1. The fourth-order valence-corrected chi connectivity index (χ4v) is 4.18. The number of rotatable bonds is 6. The quantitative estimate of drug-likeness (QED) is 0.513. The lowest BCUT2D eigenvalue weighted by atomic mass is 9.87. The van der Waals surface area contributed by atoms with Gasteiger partial charge in [-0.2, -0.15) is 0 Å². The van der Waals surface area contributed by atoms with Gasteiger partial charge in [0.2, 0.25) is 0 Å². The molecule has 2 aromatic carbocycles. The van der Waals surface area contributed by atoms with Gasteiger partial charge in [-0.15, -0.1) is 0 Å². The van der Waals surface area contributed by atoms with E-state index in [-0.39, 0.29) is 22.4 Å². The van der Waals surface area contributed by atoms with E-state index in [2.05, 4.69) is 20.8 Å². The van der Waals surface area contributed by atoms with Gasteiger partial charge in [0.1, 0.15) is 5.75 Å². The number of carbonyl (C=O) groups is 1. The lowest BCUT2D eigenvalue weighted by molar-refractivity contribution is 0.0415. The molecule has 0 bridgehead atoms. The summed E-state index contributed by atoms with van der Waals surface area (Å²) in [6.07, 6.45) is 0. The van der Waals surface area contributed by atoms with E-state index in [1.54, 1.807) is 32.9 Å². The van der Waals surface area contributed by atoms with Crippen molar-refractivity contribution in [2.75, 3.05) is 13.7 Å². The standard InChI is InChI=1S/C22H29NO5S/c1-8-23(28-18-11-9-17(10-12-18)22(4,5)6)29(25,26)19-13-15(2)16(3)20(14-19)21(24)27-7/h9-14H,8H2,1-7H3. The van der Waals surface area contributed by atoms with Gasteiger partial charge in [-0.05, 0) is 71.6 Å². The van der Waals surface area contributed by atoms with E-state index in [1.807, 2.05) is 12.1 Å². The molecule has 6 nitrogen and oxygen atoms in total. The van der Waals surface area contributed by atoms with Gasteiger partial charge in [-0.25, -0.2) is 13.2 Å². The summed E-state index contributed by atoms with van der Waals surface area (Å²) in [7, 11) is -2.72. The average Bonchev–Trinajstić information content (AvgIpc) is 2.66. The zero-order chi connectivity index (χ0) is 22.0. The minimum absolute atomic E-state index is 0.0151. The molecular weight excluding hydrogens is 390 g/mol. The molecule has 0 radical (unpaired) electrons. The molecule has 29 heavy (non-hydrogen) atoms. The maximum atomic E-state index is 13.2. The van der Waals surface area contributed by atoms with Crippen molar-refractivity contribution in [2.45, 2.75) is 51.9 Å². The second kappa shape index (κ2) is 8.55. The van der Waals surface area contributed by atoms with Gasteiger partial charge in [-0.3, -0.25) is 0 Å². The molecule has 0 spiro atoms. The first-order valence-corrected chi connectivity index (χ1v) is 10.9. The Balaban J connectivity index is 2.40. The van der Waals surface area contributed by atoms with Crippen molar-refractivity contribution in [3.8, 4) is 5.75 Å². The molecule has 0 aliphatic heterocycles. The van der Waals surface area contributed by atoms with Crippen LogP contribution in [0, 0.1) is 13.8 Å². The zero-order valence-corrected chi connectivity index (χ0v) is 18.9. The number of hydrogen-bond acceptors (Lipinski definition) is 5. The highest BCUT2D eigenvalue weighted by molar-refractivity contribution is 7.89. The third-order valence-corrected chi connectivity index (χ3v) is 6.50. The molecule has 0 aliphatic rings. The first kappa shape index (κ1) is 22.9. The smallest absolute Gasteiger partial charge is 0.338 e. The molecule has 2 aromatic rings. The van der Waals surface area contributed by atoms with Gasteiger partial charge in [0.25, 0.3) is 10.0 Å². The lowest BCUT2D eigenvalue weighted by Crippen LogP contribution is -2.34. The Morgan fingerprint density at radius 1 is 1.07 bits per heavy atom. The molecule has 0 aromatic heterocycles. The molecule has 0 aliphatic carbocycles. The summed E-state index contributed by atoms with van der Waals surface area (Å²) >= 11 is 0. The molecule has 7 heteroatoms. The van der Waals surface area contributed by atoms with Crippen LogP contribution < -0.4 is 4.84 Å². The van der Waals surface area contributed by atoms with E-state index in [4.69, 9.17) is 9.57 Å². The molecule has 0 fully saturated rings. The highest BCUT2D eigenvalue weighted by atomic mass is 32.2. The van der Waals surface area contributed by atoms with Crippen molar-refractivity contribution in [1.82, 2.24) is 4.47 Å². The number of carbonyl (C=O) groups excluding carboxylic acids is 1. The Labute approximate surface area is 173 Å². The predicted molar refractivity (Wildman–Crippen MR) is 113 cm³/mol. The Morgan fingerprint density at radius 2 is 1.66 bits per heavy atom. The van der Waals surface area contributed by atoms with Crippen LogP contribution in [0.15, 0.2) is 41.3 Å². The Morgan fingerprint density at radius 3 is 2.14 bits per heavy atom. The van der Waals surface area contributed by atoms with E-state index < -0.39 is 16.0 Å². The Kier molecular flexibility index (Phi) is 6.75. The number of hydroxylamine groups is 1. The van der Waals surface area contributed by atoms with Crippen LogP contribution in [0.5, 0.6) is 5.75 Å². The zero-order valence-electron chi connectivity index (χ0n) is 18.1. The summed E-state index contributed by atoms with van der Waals surface area (Å²) in [5.41, 5.74) is 2.68. The van der Waals surface area contributed by atoms with E-state index in [1.165, 1.54) is 19.2 Å². The number of hydrogen-bond donors (Lipinski definition) is 0. The van der Waals surface area contributed by atoms with Crippen molar-refractivity contribution < 1.29 is 22.8 Å². The van der Waals surface area contributed by atoms with Crippen LogP contribution in [0.25, 0.3) is 0 Å². The monoisotopic (exact) mass is 419 g/mol. The van der Waals surface area contributed by atoms with E-state index in [9.17, 15) is 13.2 Å². The lowest BCUT2D eigenvalue weighted by Gasteiger charge is -2.23. The van der Waals surface area contributed by atoms with Crippen LogP contribution in [0.1, 0.15) is 54.7 Å². The van der Waals surface area contributed by atoms with Crippen molar-refractivity contribution in [3.05, 3.63) is 58.7 Å². The second-order valence-corrected chi connectivity index (χ2v) is 9.72. The van der Waals surface area contributed by atoms with Gasteiger partial charge in [0.15, 0.2) is 0 Å². The molecular formula is C22H29NO5S. The SMILES string of the molecule is CCN(Oc1ccc(C(C)(C)C)cc1)S(=O)(=O)c1cc(C)c(C)c(C(=O)OC)c1. The minimum atomic E-state index is -3.99. The number of sulfonamides is 1. The van der Waals surface area contributed by atoms with Crippen molar-refractivity contribution in [2.24, 2.45) is 0 Å². The van der Waals surface area contributed by atoms with Gasteiger partial charge in [0, 0.05) is 6.54 Å². The summed E-state index contributed by atoms with van der Waals surface area (Å²) in [4.78, 5) is 17.7. The first-order valence-electron chi connectivity index (χ1n) is 9.42. The Bertz CT molecular complexity index is 989. The van der Waals surface area contributed by atoms with Gasteiger partial charge < -0.3 is 9.57 Å². The van der Waals surface area contributed by atoms with Gasteiger partial charge >= 0.3 is 5.97 Å². The van der Waals surface area contributed by atoms with Crippen LogP contribution in [0.3, 0.4) is 0 Å². The van der Waals surface area contributed by atoms with Crippen molar-refractivity contribution in [3.63, 3.8) is 0 Å². The maximum Gasteiger partial charge on any atom is 0.338 e. The summed E-state index contributed by atoms with van der Waals surface area (Å²) < 4.78 is 32.0. The van der Waals surface area contributed by atoms with Gasteiger partial charge in [-0.1, -0.05) is 32.9 Å². The molecule has 158 valence electrons. The second-order valence-electron chi connectivity index (χ2n) is 7.89. The molecule has 0 unspecified atom stereocenters. The van der Waals surface area contributed by atoms with Crippen LogP contribution in [-0.2, 0) is 20.2 Å². The molecule has 0 N–H and O–H groups in total. The number of esters is 1. The third kappa shape index (κ3) is 4.97. The molecule has 0 atom stereocenters. The van der Waals surface area contributed by atoms with Gasteiger partial charge in [0.05, 0.1) is 17.6 Å². The van der Waals surface area contributed by atoms with E-state index >= 15 is 0 Å². The number of nitrogens with zero attached hydrogens (tertiary/aromatic N) is 1. The van der Waals surface area contributed by atoms with Crippen LogP contribution in [-0.4, -0.2) is 32.5 Å². The van der Waals surface area contributed by atoms with Crippen LogP contribution in [0.2, 0.25) is 0 Å². The largest absolute Gasteiger partial charge is 0.465 e. The maximum absolute atomic E-state index is 13.2. The number of aryl methyl sites for hydroxylation is 1. The highest BCUT2D eigenvalue weighted by Crippen LogP contribution is 2.27. The van der Waals surface area contributed by atoms with E-state index in [0.29, 0.717) is 16.9 Å². The third-order valence-electron chi connectivity index (χ3n) is 4.80. The summed E-state index contributed by atoms with van der Waals surface area (Å²) in [6, 6.07) is 10.2. The molecule has 0 heterocycles.